The van der Waals surface area contributed by atoms with Gasteiger partial charge >= 0.3 is 5.97 Å². The summed E-state index contributed by atoms with van der Waals surface area (Å²) in [5.74, 6) is 0.125. The zero-order valence-corrected chi connectivity index (χ0v) is 14.9. The number of benzene rings is 1. The molecule has 1 heterocycles. The maximum absolute atomic E-state index is 12.1. The molecule has 2 N–H and O–H groups in total. The van der Waals surface area contributed by atoms with Gasteiger partial charge in [0.1, 0.15) is 6.04 Å². The van der Waals surface area contributed by atoms with E-state index < -0.39 is 12.0 Å². The maximum atomic E-state index is 12.1. The van der Waals surface area contributed by atoms with Crippen LogP contribution < -0.4 is 5.32 Å². The van der Waals surface area contributed by atoms with Crippen LogP contribution >= 0.6 is 11.8 Å². The fourth-order valence-electron chi connectivity index (χ4n) is 3.09. The summed E-state index contributed by atoms with van der Waals surface area (Å²) in [5, 5.41) is 11.8. The lowest BCUT2D eigenvalue weighted by atomic mass is 9.89. The number of piperidine rings is 1. The first-order chi connectivity index (χ1) is 11.6. The molecule has 1 amide bonds. The predicted octanol–water partition coefficient (Wildman–Crippen LogP) is 2.19. The molecule has 0 spiro atoms. The molecule has 1 saturated heterocycles. The molecular formula is C18H26N2O3S. The number of thioether (sulfide) groups is 1. The van der Waals surface area contributed by atoms with Crippen molar-refractivity contribution in [2.75, 3.05) is 31.6 Å². The van der Waals surface area contributed by atoms with Crippen LogP contribution in [0.2, 0.25) is 0 Å². The molecule has 2 rings (SSSR count). The molecular weight excluding hydrogens is 324 g/mol. The number of nitrogens with one attached hydrogen (secondary N) is 1. The summed E-state index contributed by atoms with van der Waals surface area (Å²) in [7, 11) is 0. The van der Waals surface area contributed by atoms with E-state index in [0.29, 0.717) is 12.3 Å². The quantitative estimate of drug-likeness (QED) is 0.752. The lowest BCUT2D eigenvalue weighted by molar-refractivity contribution is -0.142. The number of carboxylic acid groups (broad SMARTS) is 1. The molecule has 0 radical (unpaired) electrons. The van der Waals surface area contributed by atoms with Crippen LogP contribution in [0.15, 0.2) is 30.3 Å². The second-order valence-corrected chi connectivity index (χ2v) is 7.19. The highest BCUT2D eigenvalue weighted by Crippen LogP contribution is 2.27. The number of aliphatic carboxylic acids is 1. The van der Waals surface area contributed by atoms with Crippen molar-refractivity contribution in [1.82, 2.24) is 10.2 Å². The van der Waals surface area contributed by atoms with Crippen LogP contribution in [0.1, 0.15) is 30.7 Å². The van der Waals surface area contributed by atoms with E-state index in [1.54, 1.807) is 11.8 Å². The van der Waals surface area contributed by atoms with E-state index in [-0.39, 0.29) is 12.5 Å². The Balaban J connectivity index is 1.76. The Morgan fingerprint density at radius 3 is 2.54 bits per heavy atom. The van der Waals surface area contributed by atoms with Gasteiger partial charge in [-0.1, -0.05) is 30.3 Å². The molecule has 6 heteroatoms. The number of carbonyl (C=O) groups is 2. The van der Waals surface area contributed by atoms with Crippen molar-refractivity contribution in [2.45, 2.75) is 31.2 Å². The van der Waals surface area contributed by atoms with E-state index >= 15 is 0 Å². The second kappa shape index (κ2) is 9.69. The number of carboxylic acids is 1. The van der Waals surface area contributed by atoms with E-state index in [1.807, 2.05) is 12.3 Å². The van der Waals surface area contributed by atoms with Crippen LogP contribution in [0, 0.1) is 0 Å². The smallest absolute Gasteiger partial charge is 0.326 e. The van der Waals surface area contributed by atoms with Gasteiger partial charge in [0.05, 0.1) is 6.54 Å². The van der Waals surface area contributed by atoms with Gasteiger partial charge in [0.15, 0.2) is 0 Å². The number of amides is 1. The lowest BCUT2D eigenvalue weighted by Gasteiger charge is -2.32. The van der Waals surface area contributed by atoms with Gasteiger partial charge < -0.3 is 10.4 Å². The fourth-order valence-corrected chi connectivity index (χ4v) is 3.56. The van der Waals surface area contributed by atoms with E-state index in [2.05, 4.69) is 34.5 Å². The number of hydrogen-bond acceptors (Lipinski definition) is 4. The third-order valence-electron chi connectivity index (χ3n) is 4.47. The van der Waals surface area contributed by atoms with Crippen molar-refractivity contribution in [3.63, 3.8) is 0 Å². The summed E-state index contributed by atoms with van der Waals surface area (Å²) >= 11 is 1.58. The summed E-state index contributed by atoms with van der Waals surface area (Å²) in [5.41, 5.74) is 1.37. The Bertz CT molecular complexity index is 530. The number of nitrogens with zero attached hydrogens (tertiary/aromatic N) is 1. The first-order valence-corrected chi connectivity index (χ1v) is 9.78. The predicted molar refractivity (Wildman–Crippen MR) is 97.4 cm³/mol. The van der Waals surface area contributed by atoms with Crippen LogP contribution in [0.4, 0.5) is 0 Å². The maximum Gasteiger partial charge on any atom is 0.326 e. The van der Waals surface area contributed by atoms with Crippen molar-refractivity contribution >= 4 is 23.6 Å². The molecule has 1 atom stereocenters. The van der Waals surface area contributed by atoms with Crippen molar-refractivity contribution < 1.29 is 14.7 Å². The van der Waals surface area contributed by atoms with E-state index in [0.717, 1.165) is 31.7 Å². The number of likely N-dealkylation sites (tertiary alicyclic amines) is 1. The minimum Gasteiger partial charge on any atom is -0.480 e. The van der Waals surface area contributed by atoms with Gasteiger partial charge in [-0.3, -0.25) is 9.69 Å². The normalized spacial score (nSPS) is 17.4. The van der Waals surface area contributed by atoms with Gasteiger partial charge in [-0.05, 0) is 55.8 Å². The second-order valence-electron chi connectivity index (χ2n) is 6.20. The highest BCUT2D eigenvalue weighted by Gasteiger charge is 2.24. The Kier molecular flexibility index (Phi) is 7.59. The first kappa shape index (κ1) is 18.8. The van der Waals surface area contributed by atoms with E-state index in [9.17, 15) is 14.7 Å². The Morgan fingerprint density at radius 2 is 1.96 bits per heavy atom. The zero-order chi connectivity index (χ0) is 17.4. The minimum atomic E-state index is -0.958. The summed E-state index contributed by atoms with van der Waals surface area (Å²) in [4.78, 5) is 25.4. The third-order valence-corrected chi connectivity index (χ3v) is 5.11. The van der Waals surface area contributed by atoms with Crippen LogP contribution in [-0.2, 0) is 9.59 Å². The van der Waals surface area contributed by atoms with Crippen LogP contribution in [0.5, 0.6) is 0 Å². The average Bonchev–Trinajstić information content (AvgIpc) is 2.59. The highest BCUT2D eigenvalue weighted by atomic mass is 32.2. The van der Waals surface area contributed by atoms with Crippen molar-refractivity contribution in [2.24, 2.45) is 0 Å². The Hall–Kier alpha value is -1.53. The Morgan fingerprint density at radius 1 is 1.29 bits per heavy atom. The minimum absolute atomic E-state index is 0.193. The van der Waals surface area contributed by atoms with Gasteiger partial charge in [0, 0.05) is 0 Å². The van der Waals surface area contributed by atoms with Crippen LogP contribution in [0.3, 0.4) is 0 Å². The molecule has 1 aliphatic heterocycles. The molecule has 0 unspecified atom stereocenters. The van der Waals surface area contributed by atoms with Crippen molar-refractivity contribution in [1.29, 1.82) is 0 Å². The molecule has 0 aliphatic carbocycles. The van der Waals surface area contributed by atoms with Crippen molar-refractivity contribution in [3.8, 4) is 0 Å². The number of carbonyl (C=O) groups excluding carboxylic acids is 1. The molecule has 0 aromatic heterocycles. The van der Waals surface area contributed by atoms with Gasteiger partial charge in [-0.2, -0.15) is 11.8 Å². The Labute approximate surface area is 147 Å². The molecule has 24 heavy (non-hydrogen) atoms. The van der Waals surface area contributed by atoms with E-state index in [1.165, 1.54) is 5.56 Å². The molecule has 5 nitrogen and oxygen atoms in total. The van der Waals surface area contributed by atoms with Gasteiger partial charge in [-0.25, -0.2) is 4.79 Å². The summed E-state index contributed by atoms with van der Waals surface area (Å²) in [6, 6.07) is 9.70. The highest BCUT2D eigenvalue weighted by molar-refractivity contribution is 7.98. The first-order valence-electron chi connectivity index (χ1n) is 8.38. The lowest BCUT2D eigenvalue weighted by Crippen LogP contribution is -2.47. The molecule has 0 bridgehead atoms. The third kappa shape index (κ3) is 5.83. The van der Waals surface area contributed by atoms with Crippen LogP contribution in [0.25, 0.3) is 0 Å². The van der Waals surface area contributed by atoms with Gasteiger partial charge in [-0.15, -0.1) is 0 Å². The summed E-state index contributed by atoms with van der Waals surface area (Å²) in [6.45, 7) is 2.02. The summed E-state index contributed by atoms with van der Waals surface area (Å²) in [6.07, 6.45) is 4.45. The number of rotatable bonds is 8. The molecule has 0 saturated carbocycles. The molecule has 1 aromatic carbocycles. The molecule has 132 valence electrons. The number of hydrogen-bond donors (Lipinski definition) is 2. The zero-order valence-electron chi connectivity index (χ0n) is 14.1. The van der Waals surface area contributed by atoms with Gasteiger partial charge in [0.25, 0.3) is 0 Å². The monoisotopic (exact) mass is 350 g/mol. The molecule has 1 aliphatic rings. The van der Waals surface area contributed by atoms with Crippen molar-refractivity contribution in [3.05, 3.63) is 35.9 Å². The summed E-state index contributed by atoms with van der Waals surface area (Å²) < 4.78 is 0. The van der Waals surface area contributed by atoms with Gasteiger partial charge in [0.2, 0.25) is 5.91 Å². The fraction of sp³-hybridized carbons (Fsp3) is 0.556. The SMILES string of the molecule is CSCC[C@@H](NC(=O)CN1CCC(c2ccccc2)CC1)C(=O)O. The molecule has 1 fully saturated rings. The van der Waals surface area contributed by atoms with E-state index in [4.69, 9.17) is 0 Å². The average molecular weight is 350 g/mol. The topological polar surface area (TPSA) is 69.6 Å². The molecule has 1 aromatic rings. The largest absolute Gasteiger partial charge is 0.480 e. The standard InChI is InChI=1S/C18H26N2O3S/c1-24-12-9-16(18(22)23)19-17(21)13-20-10-7-15(8-11-20)14-5-3-2-4-6-14/h2-6,15-16H,7-13H2,1H3,(H,19,21)(H,22,23)/t16-/m1/s1. The van der Waals surface area contributed by atoms with Crippen LogP contribution in [-0.4, -0.2) is 59.6 Å².